The molecule has 8 nitrogen and oxygen atoms in total. The molecule has 0 saturated carbocycles. The van der Waals surface area contributed by atoms with Gasteiger partial charge in [-0.2, -0.15) is 0 Å². The quantitative estimate of drug-likeness (QED) is 0.402. The fourth-order valence-electron chi connectivity index (χ4n) is 0.329. The predicted octanol–water partition coefficient (Wildman–Crippen LogP) is -1.95. The van der Waals surface area contributed by atoms with Gasteiger partial charge in [-0.25, -0.2) is 8.42 Å². The van der Waals surface area contributed by atoms with E-state index in [0.29, 0.717) is 0 Å². The molecule has 0 fully saturated rings. The maximum absolute atomic E-state index is 10.3. The van der Waals surface area contributed by atoms with Crippen molar-refractivity contribution < 1.29 is 35.5 Å². The van der Waals surface area contributed by atoms with Crippen LogP contribution in [0.15, 0.2) is 0 Å². The number of hydrogen-bond donors (Lipinski definition) is 0. The first-order valence-corrected chi connectivity index (χ1v) is 4.52. The molecule has 0 saturated heterocycles. The van der Waals surface area contributed by atoms with E-state index in [1.54, 1.807) is 0 Å². The molecule has 0 aliphatic rings. The number of carbonyl (C=O) groups excluding carboxylic acids is 2. The van der Waals surface area contributed by atoms with Crippen LogP contribution in [-0.4, -0.2) is 29.5 Å². The number of carbonyl (C=O) groups is 2. The molecule has 0 radical (unpaired) electrons. The zero-order valence-corrected chi connectivity index (χ0v) is 7.42. The third-order valence-corrected chi connectivity index (χ3v) is 1.25. The average molecular weight is 230 g/mol. The summed E-state index contributed by atoms with van der Waals surface area (Å²) in [6.45, 7) is 0. The summed E-state index contributed by atoms with van der Waals surface area (Å²) in [5.74, 6) is -2.85. The van der Waals surface area contributed by atoms with Gasteiger partial charge < -0.3 is 17.5 Å². The molecule has 0 aliphatic heterocycles. The molecule has 2 unspecified atom stereocenters. The lowest BCUT2D eigenvalue weighted by atomic mass is 10.5. The summed E-state index contributed by atoms with van der Waals surface area (Å²) >= 11 is -6.17. The van der Waals surface area contributed by atoms with Crippen LogP contribution in [0.2, 0.25) is 0 Å². The summed E-state index contributed by atoms with van der Waals surface area (Å²) in [5, 5.41) is 0. The summed E-state index contributed by atoms with van der Waals surface area (Å²) in [7, 11) is 0. The minimum absolute atomic E-state index is 1.10. The number of hydrogen-bond acceptors (Lipinski definition) is 8. The van der Waals surface area contributed by atoms with Gasteiger partial charge in [0.05, 0.1) is 0 Å². The molecular weight excluding hydrogens is 228 g/mol. The van der Waals surface area contributed by atoms with E-state index in [0.717, 1.165) is 0 Å². The Labute approximate surface area is 77.2 Å². The van der Waals surface area contributed by atoms with E-state index in [1.807, 2.05) is 0 Å². The predicted molar refractivity (Wildman–Crippen MR) is 34.6 cm³/mol. The van der Waals surface area contributed by atoms with Crippen LogP contribution in [-0.2, 0) is 40.7 Å². The largest absolute Gasteiger partial charge is 0.740 e. The Morgan fingerprint density at radius 1 is 1.00 bits per heavy atom. The van der Waals surface area contributed by atoms with Crippen molar-refractivity contribution in [3.8, 4) is 0 Å². The third kappa shape index (κ3) is 7.52. The van der Waals surface area contributed by atoms with E-state index in [4.69, 9.17) is 0 Å². The molecule has 0 amide bonds. The highest BCUT2D eigenvalue weighted by molar-refractivity contribution is 7.74. The molecule has 10 heteroatoms. The maximum atomic E-state index is 10.3. The molecule has 76 valence electrons. The highest BCUT2D eigenvalue weighted by Crippen LogP contribution is 1.93. The highest BCUT2D eigenvalue weighted by Gasteiger charge is 2.12. The first kappa shape index (κ1) is 12.2. The van der Waals surface area contributed by atoms with Gasteiger partial charge in [0.2, 0.25) is 0 Å². The minimum atomic E-state index is -3.09. The maximum Gasteiger partial charge on any atom is 0.330 e. The van der Waals surface area contributed by atoms with Crippen molar-refractivity contribution in [2.45, 2.75) is 6.42 Å². The second-order valence-electron chi connectivity index (χ2n) is 1.50. The van der Waals surface area contributed by atoms with Crippen molar-refractivity contribution in [1.29, 1.82) is 0 Å². The summed E-state index contributed by atoms with van der Waals surface area (Å²) in [6, 6.07) is 0. The van der Waals surface area contributed by atoms with Crippen molar-refractivity contribution in [2.75, 3.05) is 0 Å². The van der Waals surface area contributed by atoms with Gasteiger partial charge in [0, 0.05) is 0 Å². The molecule has 0 N–H and O–H groups in total. The van der Waals surface area contributed by atoms with Crippen LogP contribution in [0.5, 0.6) is 0 Å². The fraction of sp³-hybridized carbons (Fsp3) is 0.333. The first-order chi connectivity index (χ1) is 5.91. The Bertz CT molecular complexity index is 232. The van der Waals surface area contributed by atoms with E-state index >= 15 is 0 Å². The molecule has 0 spiro atoms. The lowest BCUT2D eigenvalue weighted by molar-refractivity contribution is -0.143. The molecule has 0 bridgehead atoms. The lowest BCUT2D eigenvalue weighted by Crippen LogP contribution is -2.15. The monoisotopic (exact) mass is 230 g/mol. The van der Waals surface area contributed by atoms with Crippen molar-refractivity contribution in [2.24, 2.45) is 0 Å². The molecular formula is C3H2O8S2-2. The summed E-state index contributed by atoms with van der Waals surface area (Å²) in [4.78, 5) is 20.7. The van der Waals surface area contributed by atoms with Crippen LogP contribution >= 0.6 is 0 Å². The smallest absolute Gasteiger partial charge is 0.330 e. The van der Waals surface area contributed by atoms with Gasteiger partial charge in [0.15, 0.2) is 0 Å². The lowest BCUT2D eigenvalue weighted by Gasteiger charge is -2.06. The van der Waals surface area contributed by atoms with Gasteiger partial charge in [0.1, 0.15) is 29.1 Å². The van der Waals surface area contributed by atoms with Crippen LogP contribution in [0.25, 0.3) is 0 Å². The Hall–Kier alpha value is -0.840. The molecule has 0 aromatic carbocycles. The Morgan fingerprint density at radius 3 is 1.54 bits per heavy atom. The van der Waals surface area contributed by atoms with Crippen molar-refractivity contribution in [3.05, 3.63) is 0 Å². The van der Waals surface area contributed by atoms with Gasteiger partial charge >= 0.3 is 11.9 Å². The SMILES string of the molecule is O=C(CC(=O)OS(=O)[O-])OS(=O)[O-]. The molecule has 0 heterocycles. The van der Waals surface area contributed by atoms with Gasteiger partial charge in [-0.05, 0) is 0 Å². The zero-order chi connectivity index (χ0) is 10.4. The first-order valence-electron chi connectivity index (χ1n) is 2.52. The molecule has 0 aliphatic carbocycles. The Balaban J connectivity index is 3.85. The standard InChI is InChI=1S/C3H4O8S2/c4-2(10-12(6)7)1-3(5)11-13(8)9/h1H2,(H,6,7)(H,8,9)/p-2. The van der Waals surface area contributed by atoms with E-state index in [9.17, 15) is 27.1 Å². The molecule has 0 aromatic rings. The summed E-state index contributed by atoms with van der Waals surface area (Å²) < 4.78 is 45.7. The number of rotatable bonds is 4. The Kier molecular flexibility index (Phi) is 5.37. The van der Waals surface area contributed by atoms with Crippen LogP contribution in [0.3, 0.4) is 0 Å². The van der Waals surface area contributed by atoms with E-state index in [-0.39, 0.29) is 0 Å². The summed E-state index contributed by atoms with van der Waals surface area (Å²) in [5.41, 5.74) is 0. The van der Waals surface area contributed by atoms with E-state index in [1.165, 1.54) is 0 Å². The van der Waals surface area contributed by atoms with Crippen LogP contribution in [0.4, 0.5) is 0 Å². The molecule has 0 aromatic heterocycles. The highest BCUT2D eigenvalue weighted by atomic mass is 32.2. The van der Waals surface area contributed by atoms with Crippen LogP contribution in [0.1, 0.15) is 6.42 Å². The molecule has 0 rings (SSSR count). The molecule has 13 heavy (non-hydrogen) atoms. The molecule has 2 atom stereocenters. The van der Waals surface area contributed by atoms with Crippen molar-refractivity contribution in [1.82, 2.24) is 0 Å². The van der Waals surface area contributed by atoms with E-state index < -0.39 is 41.1 Å². The topological polar surface area (TPSA) is 133 Å². The van der Waals surface area contributed by atoms with Crippen LogP contribution in [0, 0.1) is 0 Å². The Morgan fingerprint density at radius 2 is 1.31 bits per heavy atom. The summed E-state index contributed by atoms with van der Waals surface area (Å²) in [6.07, 6.45) is -1.10. The van der Waals surface area contributed by atoms with Gasteiger partial charge in [-0.15, -0.1) is 0 Å². The van der Waals surface area contributed by atoms with Crippen molar-refractivity contribution >= 4 is 34.7 Å². The van der Waals surface area contributed by atoms with Gasteiger partial charge in [0.25, 0.3) is 0 Å². The third-order valence-electron chi connectivity index (χ3n) is 0.611. The second kappa shape index (κ2) is 5.75. The zero-order valence-electron chi connectivity index (χ0n) is 5.79. The second-order valence-corrected chi connectivity index (χ2v) is 2.65. The van der Waals surface area contributed by atoms with Crippen LogP contribution < -0.4 is 0 Å². The van der Waals surface area contributed by atoms with Crippen molar-refractivity contribution in [3.63, 3.8) is 0 Å². The fourth-order valence-corrected chi connectivity index (χ4v) is 0.750. The normalized spacial score (nSPS) is 14.3. The van der Waals surface area contributed by atoms with Gasteiger partial charge in [-0.1, -0.05) is 0 Å². The average Bonchev–Trinajstić information content (AvgIpc) is 1.80. The van der Waals surface area contributed by atoms with E-state index in [2.05, 4.69) is 8.37 Å². The van der Waals surface area contributed by atoms with Gasteiger partial charge in [-0.3, -0.25) is 9.59 Å². The minimum Gasteiger partial charge on any atom is -0.740 e.